The minimum Gasteiger partial charge on any atom is -0.347 e. The Morgan fingerprint density at radius 2 is 2.11 bits per heavy atom. The first-order valence-electron chi connectivity index (χ1n) is 7.49. The maximum Gasteiger partial charge on any atom is 0.0449 e. The van der Waals surface area contributed by atoms with Gasteiger partial charge in [-0.3, -0.25) is 0 Å². The molecule has 0 aromatic heterocycles. The SMILES string of the molecule is C1=CC2(CCCC2)C2=C3C(=CCC2)CNCCN13. The molecule has 2 fully saturated rings. The summed E-state index contributed by atoms with van der Waals surface area (Å²) in [6, 6.07) is 0. The number of hydrogen-bond donors (Lipinski definition) is 1. The van der Waals surface area contributed by atoms with Gasteiger partial charge in [-0.25, -0.2) is 0 Å². The maximum atomic E-state index is 3.56. The molecule has 18 heavy (non-hydrogen) atoms. The van der Waals surface area contributed by atoms with Crippen LogP contribution in [0, 0.1) is 5.41 Å². The quantitative estimate of drug-likeness (QED) is 0.702. The van der Waals surface area contributed by atoms with Gasteiger partial charge >= 0.3 is 0 Å². The van der Waals surface area contributed by atoms with Crippen molar-refractivity contribution in [2.24, 2.45) is 5.41 Å². The van der Waals surface area contributed by atoms with Gasteiger partial charge in [0.05, 0.1) is 0 Å². The van der Waals surface area contributed by atoms with Gasteiger partial charge in [-0.2, -0.15) is 0 Å². The molecule has 96 valence electrons. The third-order valence-corrected chi connectivity index (χ3v) is 5.18. The minimum absolute atomic E-state index is 0.440. The molecule has 2 aliphatic carbocycles. The Bertz CT molecular complexity index is 450. The average Bonchev–Trinajstić information content (AvgIpc) is 2.77. The molecule has 1 saturated carbocycles. The molecule has 0 atom stereocenters. The van der Waals surface area contributed by atoms with E-state index in [0.29, 0.717) is 5.41 Å². The van der Waals surface area contributed by atoms with Crippen molar-refractivity contribution in [2.45, 2.75) is 38.5 Å². The summed E-state index contributed by atoms with van der Waals surface area (Å²) in [5.41, 5.74) is 5.36. The summed E-state index contributed by atoms with van der Waals surface area (Å²) in [7, 11) is 0. The lowest BCUT2D eigenvalue weighted by Crippen LogP contribution is -2.32. The summed E-state index contributed by atoms with van der Waals surface area (Å²) >= 11 is 0. The molecule has 2 heterocycles. The predicted octanol–water partition coefficient (Wildman–Crippen LogP) is 2.95. The zero-order valence-electron chi connectivity index (χ0n) is 11.0. The molecule has 1 N–H and O–H groups in total. The molecule has 4 aliphatic rings. The lowest BCUT2D eigenvalue weighted by Gasteiger charge is -2.41. The fraction of sp³-hybridized carbons (Fsp3) is 0.625. The number of nitrogens with zero attached hydrogens (tertiary/aromatic N) is 1. The molecule has 0 bridgehead atoms. The molecule has 0 unspecified atom stereocenters. The maximum absolute atomic E-state index is 3.56. The standard InChI is InChI=1S/C16H22N2/c1-2-7-16(6-1)8-10-18-11-9-17-12-13-4-3-5-14(16)15(13)18/h4,8,10,17H,1-3,5-7,9,11-12H2. The topological polar surface area (TPSA) is 15.3 Å². The van der Waals surface area contributed by atoms with Crippen molar-refractivity contribution >= 4 is 0 Å². The molecule has 4 rings (SSSR count). The van der Waals surface area contributed by atoms with Gasteiger partial charge < -0.3 is 10.2 Å². The highest BCUT2D eigenvalue weighted by atomic mass is 15.2. The van der Waals surface area contributed by atoms with E-state index in [0.717, 1.165) is 19.6 Å². The van der Waals surface area contributed by atoms with Crippen LogP contribution in [0.25, 0.3) is 0 Å². The summed E-state index contributed by atoms with van der Waals surface area (Å²) in [4.78, 5) is 2.50. The van der Waals surface area contributed by atoms with Gasteiger partial charge in [-0.15, -0.1) is 0 Å². The van der Waals surface area contributed by atoms with Gasteiger partial charge in [-0.05, 0) is 36.8 Å². The predicted molar refractivity (Wildman–Crippen MR) is 74.0 cm³/mol. The summed E-state index contributed by atoms with van der Waals surface area (Å²) in [5.74, 6) is 0. The number of rotatable bonds is 0. The second-order valence-corrected chi connectivity index (χ2v) is 6.14. The third-order valence-electron chi connectivity index (χ3n) is 5.18. The number of nitrogens with one attached hydrogen (secondary N) is 1. The van der Waals surface area contributed by atoms with Crippen molar-refractivity contribution in [3.8, 4) is 0 Å². The van der Waals surface area contributed by atoms with Crippen LogP contribution in [0.5, 0.6) is 0 Å². The number of fused-ring (bicyclic) bond motifs is 1. The average molecular weight is 242 g/mol. The van der Waals surface area contributed by atoms with Crippen molar-refractivity contribution in [1.29, 1.82) is 0 Å². The Kier molecular flexibility index (Phi) is 2.41. The molecular formula is C16H22N2. The van der Waals surface area contributed by atoms with E-state index in [2.05, 4.69) is 28.6 Å². The van der Waals surface area contributed by atoms with Crippen LogP contribution in [-0.2, 0) is 0 Å². The zero-order chi connectivity index (χ0) is 12.0. The van der Waals surface area contributed by atoms with Crippen molar-refractivity contribution < 1.29 is 0 Å². The highest BCUT2D eigenvalue weighted by Crippen LogP contribution is 2.52. The van der Waals surface area contributed by atoms with Crippen molar-refractivity contribution in [2.75, 3.05) is 19.6 Å². The number of hydrogen-bond acceptors (Lipinski definition) is 2. The molecular weight excluding hydrogens is 220 g/mol. The van der Waals surface area contributed by atoms with Crippen LogP contribution in [0.4, 0.5) is 0 Å². The van der Waals surface area contributed by atoms with E-state index in [9.17, 15) is 0 Å². The lowest BCUT2D eigenvalue weighted by atomic mass is 9.71. The lowest BCUT2D eigenvalue weighted by molar-refractivity contribution is 0.376. The molecule has 0 amide bonds. The van der Waals surface area contributed by atoms with Crippen LogP contribution in [0.3, 0.4) is 0 Å². The van der Waals surface area contributed by atoms with Crippen LogP contribution in [0.15, 0.2) is 35.2 Å². The molecule has 1 saturated heterocycles. The van der Waals surface area contributed by atoms with Gasteiger partial charge in [-0.1, -0.05) is 25.0 Å². The van der Waals surface area contributed by atoms with E-state index in [-0.39, 0.29) is 0 Å². The van der Waals surface area contributed by atoms with Gasteiger partial charge in [0.2, 0.25) is 0 Å². The molecule has 0 radical (unpaired) electrons. The Balaban J connectivity index is 1.85. The fourth-order valence-corrected chi connectivity index (χ4v) is 4.29. The second kappa shape index (κ2) is 3.99. The Morgan fingerprint density at radius 1 is 1.22 bits per heavy atom. The second-order valence-electron chi connectivity index (χ2n) is 6.14. The van der Waals surface area contributed by atoms with E-state index < -0.39 is 0 Å². The smallest absolute Gasteiger partial charge is 0.0449 e. The molecule has 2 aliphatic heterocycles. The minimum atomic E-state index is 0.440. The summed E-state index contributed by atoms with van der Waals surface area (Å²) in [6.07, 6.45) is 15.5. The van der Waals surface area contributed by atoms with E-state index in [1.807, 2.05) is 0 Å². The summed E-state index contributed by atoms with van der Waals surface area (Å²) in [5, 5.41) is 3.56. The summed E-state index contributed by atoms with van der Waals surface area (Å²) < 4.78 is 0. The van der Waals surface area contributed by atoms with Gasteiger partial charge in [0.25, 0.3) is 0 Å². The van der Waals surface area contributed by atoms with Crippen LogP contribution < -0.4 is 5.32 Å². The van der Waals surface area contributed by atoms with E-state index in [1.54, 1.807) is 16.8 Å². The highest BCUT2D eigenvalue weighted by Gasteiger charge is 2.41. The van der Waals surface area contributed by atoms with Gasteiger partial charge in [0.1, 0.15) is 0 Å². The molecule has 0 aromatic carbocycles. The van der Waals surface area contributed by atoms with Gasteiger partial charge in [0, 0.05) is 36.9 Å². The molecule has 2 nitrogen and oxygen atoms in total. The first kappa shape index (κ1) is 10.9. The third kappa shape index (κ3) is 1.45. The van der Waals surface area contributed by atoms with Crippen molar-refractivity contribution in [3.05, 3.63) is 35.2 Å². The van der Waals surface area contributed by atoms with Crippen LogP contribution in [-0.4, -0.2) is 24.5 Å². The van der Waals surface area contributed by atoms with Gasteiger partial charge in [0.15, 0.2) is 0 Å². The van der Waals surface area contributed by atoms with E-state index >= 15 is 0 Å². The first-order chi connectivity index (χ1) is 8.89. The first-order valence-corrected chi connectivity index (χ1v) is 7.49. The summed E-state index contributed by atoms with van der Waals surface area (Å²) in [6.45, 7) is 3.30. The highest BCUT2D eigenvalue weighted by molar-refractivity contribution is 5.47. The van der Waals surface area contributed by atoms with Crippen LogP contribution >= 0.6 is 0 Å². The van der Waals surface area contributed by atoms with Crippen molar-refractivity contribution in [3.63, 3.8) is 0 Å². The number of allylic oxidation sites excluding steroid dienone is 3. The van der Waals surface area contributed by atoms with Crippen LogP contribution in [0.1, 0.15) is 38.5 Å². The Morgan fingerprint density at radius 3 is 3.00 bits per heavy atom. The molecule has 1 spiro atoms. The monoisotopic (exact) mass is 242 g/mol. The Hall–Kier alpha value is -1.02. The normalized spacial score (nSPS) is 29.3. The van der Waals surface area contributed by atoms with Crippen molar-refractivity contribution in [1.82, 2.24) is 10.2 Å². The van der Waals surface area contributed by atoms with E-state index in [4.69, 9.17) is 0 Å². The fourth-order valence-electron chi connectivity index (χ4n) is 4.29. The Labute approximate surface area is 109 Å². The zero-order valence-corrected chi connectivity index (χ0v) is 11.0. The largest absolute Gasteiger partial charge is 0.347 e. The molecule has 2 heteroatoms. The van der Waals surface area contributed by atoms with E-state index in [1.165, 1.54) is 38.5 Å². The molecule has 0 aromatic rings. The van der Waals surface area contributed by atoms with Crippen LogP contribution in [0.2, 0.25) is 0 Å².